The van der Waals surface area contributed by atoms with Gasteiger partial charge in [0, 0.05) is 17.5 Å². The zero-order chi connectivity index (χ0) is 19.9. The number of carbonyl (C=O) groups excluding carboxylic acids is 1. The monoisotopic (exact) mass is 400 g/mol. The third-order valence-electron chi connectivity index (χ3n) is 3.95. The van der Waals surface area contributed by atoms with E-state index in [0.717, 1.165) is 12.0 Å². The van der Waals surface area contributed by atoms with Crippen LogP contribution in [0, 0.1) is 5.82 Å². The maximum absolute atomic E-state index is 13.2. The van der Waals surface area contributed by atoms with E-state index in [2.05, 4.69) is 10.3 Å². The summed E-state index contributed by atoms with van der Waals surface area (Å²) in [7, 11) is 1.59. The normalized spacial score (nSPS) is 10.5. The molecule has 0 fully saturated rings. The first-order valence-electron chi connectivity index (χ1n) is 8.90. The summed E-state index contributed by atoms with van der Waals surface area (Å²) in [6.45, 7) is 2.89. The van der Waals surface area contributed by atoms with Crippen molar-refractivity contribution in [3.05, 3.63) is 64.9 Å². The van der Waals surface area contributed by atoms with Crippen LogP contribution in [-0.4, -0.2) is 24.6 Å². The Morgan fingerprint density at radius 2 is 2.07 bits per heavy atom. The van der Waals surface area contributed by atoms with Gasteiger partial charge in [0.15, 0.2) is 11.5 Å². The van der Waals surface area contributed by atoms with E-state index in [0.29, 0.717) is 34.4 Å². The van der Waals surface area contributed by atoms with Crippen molar-refractivity contribution in [3.63, 3.8) is 0 Å². The molecule has 5 nitrogen and oxygen atoms in total. The fraction of sp³-hybridized carbons (Fsp3) is 0.238. The molecule has 0 saturated carbocycles. The highest BCUT2D eigenvalue weighted by Gasteiger charge is 2.14. The molecule has 0 atom stereocenters. The van der Waals surface area contributed by atoms with Crippen molar-refractivity contribution < 1.29 is 18.7 Å². The number of amides is 1. The topological polar surface area (TPSA) is 60.5 Å². The number of ether oxygens (including phenoxy) is 2. The first-order valence-corrected chi connectivity index (χ1v) is 9.78. The van der Waals surface area contributed by atoms with Crippen LogP contribution in [0.2, 0.25) is 0 Å². The molecular formula is C21H21FN2O3S. The Bertz CT molecular complexity index is 958. The molecule has 146 valence electrons. The third kappa shape index (κ3) is 4.86. The number of benzene rings is 2. The lowest BCUT2D eigenvalue weighted by molar-refractivity contribution is 0.0946. The van der Waals surface area contributed by atoms with E-state index in [1.54, 1.807) is 24.6 Å². The molecule has 7 heteroatoms. The molecule has 0 aliphatic heterocycles. The van der Waals surface area contributed by atoms with E-state index in [1.165, 1.54) is 23.5 Å². The molecular weight excluding hydrogens is 379 g/mol. The maximum Gasteiger partial charge on any atom is 0.271 e. The van der Waals surface area contributed by atoms with Gasteiger partial charge < -0.3 is 14.8 Å². The predicted octanol–water partition coefficient (Wildman–Crippen LogP) is 4.68. The highest BCUT2D eigenvalue weighted by molar-refractivity contribution is 7.13. The van der Waals surface area contributed by atoms with Crippen LogP contribution in [0.3, 0.4) is 0 Å². The summed E-state index contributed by atoms with van der Waals surface area (Å²) < 4.78 is 24.3. The summed E-state index contributed by atoms with van der Waals surface area (Å²) in [4.78, 5) is 16.8. The van der Waals surface area contributed by atoms with Gasteiger partial charge in [-0.25, -0.2) is 9.37 Å². The molecule has 0 radical (unpaired) electrons. The Balaban J connectivity index is 1.70. The van der Waals surface area contributed by atoms with Gasteiger partial charge in [-0.2, -0.15) is 0 Å². The lowest BCUT2D eigenvalue weighted by atomic mass is 10.2. The molecule has 3 rings (SSSR count). The lowest BCUT2D eigenvalue weighted by Gasteiger charge is -2.10. The number of hydrogen-bond donors (Lipinski definition) is 1. The minimum Gasteiger partial charge on any atom is -0.493 e. The Kier molecular flexibility index (Phi) is 6.60. The number of hydrogen-bond acceptors (Lipinski definition) is 5. The van der Waals surface area contributed by atoms with Gasteiger partial charge >= 0.3 is 0 Å². The number of methoxy groups -OCH3 is 1. The molecule has 1 amide bonds. The Morgan fingerprint density at radius 3 is 2.82 bits per heavy atom. The van der Waals surface area contributed by atoms with Crippen molar-refractivity contribution >= 4 is 17.2 Å². The zero-order valence-corrected chi connectivity index (χ0v) is 16.5. The Hall–Kier alpha value is -2.93. The molecule has 28 heavy (non-hydrogen) atoms. The van der Waals surface area contributed by atoms with Gasteiger partial charge in [-0.3, -0.25) is 4.79 Å². The van der Waals surface area contributed by atoms with Crippen LogP contribution >= 0.6 is 11.3 Å². The molecule has 1 heterocycles. The molecule has 0 unspecified atom stereocenters. The smallest absolute Gasteiger partial charge is 0.271 e. The first kappa shape index (κ1) is 19.8. The quantitative estimate of drug-likeness (QED) is 0.597. The molecule has 1 N–H and O–H groups in total. The standard InChI is InChI=1S/C21H21FN2O3S/c1-3-9-27-18-8-7-15(11-19(18)26-2)21-24-17(13-28-21)20(25)23-12-14-5-4-6-16(22)10-14/h4-8,10-11,13H,3,9,12H2,1-2H3,(H,23,25). The van der Waals surface area contributed by atoms with Crippen LogP contribution in [-0.2, 0) is 6.54 Å². The van der Waals surface area contributed by atoms with E-state index in [4.69, 9.17) is 9.47 Å². The molecule has 2 aromatic carbocycles. The number of halogens is 1. The van der Waals surface area contributed by atoms with E-state index in [1.807, 2.05) is 25.1 Å². The number of aromatic nitrogens is 1. The van der Waals surface area contributed by atoms with Crippen LogP contribution < -0.4 is 14.8 Å². The van der Waals surface area contributed by atoms with Crippen molar-refractivity contribution in [2.24, 2.45) is 0 Å². The van der Waals surface area contributed by atoms with Crippen LogP contribution in [0.4, 0.5) is 4.39 Å². The number of rotatable bonds is 8. The second kappa shape index (κ2) is 9.32. The van der Waals surface area contributed by atoms with Crippen LogP contribution in [0.25, 0.3) is 10.6 Å². The summed E-state index contributed by atoms with van der Waals surface area (Å²) in [5, 5.41) is 5.16. The fourth-order valence-electron chi connectivity index (χ4n) is 2.56. The highest BCUT2D eigenvalue weighted by atomic mass is 32.1. The predicted molar refractivity (Wildman–Crippen MR) is 107 cm³/mol. The van der Waals surface area contributed by atoms with Gasteiger partial charge in [0.1, 0.15) is 16.5 Å². The van der Waals surface area contributed by atoms with Crippen molar-refractivity contribution in [1.82, 2.24) is 10.3 Å². The van der Waals surface area contributed by atoms with Crippen molar-refractivity contribution in [2.75, 3.05) is 13.7 Å². The molecule has 1 aromatic heterocycles. The average molecular weight is 400 g/mol. The maximum atomic E-state index is 13.2. The van der Waals surface area contributed by atoms with Gasteiger partial charge in [0.2, 0.25) is 0 Å². The SMILES string of the molecule is CCCOc1ccc(-c2nc(C(=O)NCc3cccc(F)c3)cs2)cc1OC. The van der Waals surface area contributed by atoms with Gasteiger partial charge in [-0.15, -0.1) is 11.3 Å². The third-order valence-corrected chi connectivity index (χ3v) is 4.84. The second-order valence-electron chi connectivity index (χ2n) is 6.06. The molecule has 0 saturated heterocycles. The van der Waals surface area contributed by atoms with Gasteiger partial charge in [-0.1, -0.05) is 19.1 Å². The molecule has 0 spiro atoms. The second-order valence-corrected chi connectivity index (χ2v) is 6.92. The first-order chi connectivity index (χ1) is 13.6. The largest absolute Gasteiger partial charge is 0.493 e. The number of nitrogens with zero attached hydrogens (tertiary/aromatic N) is 1. The van der Waals surface area contributed by atoms with Gasteiger partial charge in [-0.05, 0) is 42.3 Å². The summed E-state index contributed by atoms with van der Waals surface area (Å²) in [5.74, 6) is 0.667. The number of thiazole rings is 1. The van der Waals surface area contributed by atoms with Crippen LogP contribution in [0.15, 0.2) is 47.8 Å². The van der Waals surface area contributed by atoms with E-state index < -0.39 is 0 Å². The lowest BCUT2D eigenvalue weighted by Crippen LogP contribution is -2.23. The summed E-state index contributed by atoms with van der Waals surface area (Å²) in [5.41, 5.74) is 1.85. The molecule has 3 aromatic rings. The summed E-state index contributed by atoms with van der Waals surface area (Å²) in [6.07, 6.45) is 0.908. The minimum absolute atomic E-state index is 0.237. The number of carbonyl (C=O) groups is 1. The van der Waals surface area contributed by atoms with E-state index in [9.17, 15) is 9.18 Å². The summed E-state index contributed by atoms with van der Waals surface area (Å²) >= 11 is 1.37. The number of nitrogens with one attached hydrogen (secondary N) is 1. The Morgan fingerprint density at radius 1 is 1.21 bits per heavy atom. The molecule has 0 aliphatic rings. The zero-order valence-electron chi connectivity index (χ0n) is 15.7. The highest BCUT2D eigenvalue weighted by Crippen LogP contribution is 2.33. The van der Waals surface area contributed by atoms with Crippen molar-refractivity contribution in [3.8, 4) is 22.1 Å². The van der Waals surface area contributed by atoms with Crippen LogP contribution in [0.1, 0.15) is 29.4 Å². The molecule has 0 aliphatic carbocycles. The average Bonchev–Trinajstić information content (AvgIpc) is 3.21. The van der Waals surface area contributed by atoms with Crippen molar-refractivity contribution in [2.45, 2.75) is 19.9 Å². The van der Waals surface area contributed by atoms with E-state index >= 15 is 0 Å². The minimum atomic E-state index is -0.331. The Labute approximate surface area is 167 Å². The fourth-order valence-corrected chi connectivity index (χ4v) is 3.36. The van der Waals surface area contributed by atoms with Gasteiger partial charge in [0.05, 0.1) is 13.7 Å². The van der Waals surface area contributed by atoms with E-state index in [-0.39, 0.29) is 18.3 Å². The molecule has 0 bridgehead atoms. The van der Waals surface area contributed by atoms with Crippen molar-refractivity contribution in [1.29, 1.82) is 0 Å². The van der Waals surface area contributed by atoms with Gasteiger partial charge in [0.25, 0.3) is 5.91 Å². The van der Waals surface area contributed by atoms with Crippen LogP contribution in [0.5, 0.6) is 11.5 Å². The summed E-state index contributed by atoms with van der Waals surface area (Å²) in [6, 6.07) is 11.7.